The van der Waals surface area contributed by atoms with Gasteiger partial charge in [0.1, 0.15) is 0 Å². The van der Waals surface area contributed by atoms with Crippen molar-refractivity contribution in [2.45, 2.75) is 6.92 Å². The Balaban J connectivity index is 3.24. The van der Waals surface area contributed by atoms with Crippen LogP contribution in [-0.2, 0) is 0 Å². The molecule has 0 fully saturated rings. The lowest BCUT2D eigenvalue weighted by atomic mass is 10.1. The number of carbonyl (C=O) groups excluding carboxylic acids is 1. The molecule has 0 atom stereocenters. The van der Waals surface area contributed by atoms with E-state index in [1.807, 2.05) is 19.1 Å². The van der Waals surface area contributed by atoms with E-state index in [9.17, 15) is 4.79 Å². The lowest BCUT2D eigenvalue weighted by Gasteiger charge is -2.13. The first-order chi connectivity index (χ1) is 9.17. The summed E-state index contributed by atoms with van der Waals surface area (Å²) in [6.07, 6.45) is 8.82. The highest BCUT2D eigenvalue weighted by molar-refractivity contribution is 5.96. The number of ether oxygens (including phenoxy) is 2. The fourth-order valence-electron chi connectivity index (χ4n) is 1.66. The Morgan fingerprint density at radius 3 is 2.68 bits per heavy atom. The average Bonchev–Trinajstić information content (AvgIpc) is 2.44. The van der Waals surface area contributed by atoms with E-state index in [1.54, 1.807) is 19.2 Å². The standard InChI is InChI=1S/C15H17NO3/c1-5-7-11-9-12(15(17)16-8-6-2)10-13(18-3)14(11)19-4/h2,5,7,9-10H,8H2,1,3-4H3,(H,16,17)/b7-5+. The molecular formula is C15H17NO3. The van der Waals surface area contributed by atoms with E-state index in [2.05, 4.69) is 11.2 Å². The predicted octanol–water partition coefficient (Wildman–Crippen LogP) is 2.10. The molecule has 1 aromatic carbocycles. The Morgan fingerprint density at radius 1 is 1.42 bits per heavy atom. The third-order valence-electron chi connectivity index (χ3n) is 2.47. The molecule has 0 saturated heterocycles. The van der Waals surface area contributed by atoms with Gasteiger partial charge in [-0.2, -0.15) is 0 Å². The average molecular weight is 259 g/mol. The van der Waals surface area contributed by atoms with Crippen molar-refractivity contribution >= 4 is 12.0 Å². The van der Waals surface area contributed by atoms with Crippen LogP contribution in [0.2, 0.25) is 0 Å². The van der Waals surface area contributed by atoms with Crippen LogP contribution in [0.15, 0.2) is 18.2 Å². The Labute approximate surface area is 113 Å². The SMILES string of the molecule is C#CCNC(=O)c1cc(/C=C/C)c(OC)c(OC)c1. The summed E-state index contributed by atoms with van der Waals surface area (Å²) in [6, 6.07) is 3.35. The van der Waals surface area contributed by atoms with Crippen molar-refractivity contribution in [1.82, 2.24) is 5.32 Å². The van der Waals surface area contributed by atoms with Crippen molar-refractivity contribution in [3.05, 3.63) is 29.3 Å². The van der Waals surface area contributed by atoms with Crippen LogP contribution in [0.3, 0.4) is 0 Å². The molecular weight excluding hydrogens is 242 g/mol. The number of nitrogens with one attached hydrogen (secondary N) is 1. The molecule has 1 rings (SSSR count). The highest BCUT2D eigenvalue weighted by Crippen LogP contribution is 2.33. The molecule has 0 aliphatic rings. The van der Waals surface area contributed by atoms with E-state index in [0.29, 0.717) is 17.1 Å². The first kappa shape index (κ1) is 14.7. The molecule has 1 N–H and O–H groups in total. The molecule has 0 aliphatic heterocycles. The summed E-state index contributed by atoms with van der Waals surface area (Å²) in [5.74, 6) is 3.21. The molecule has 0 saturated carbocycles. The number of benzene rings is 1. The van der Waals surface area contributed by atoms with Gasteiger partial charge < -0.3 is 14.8 Å². The van der Waals surface area contributed by atoms with Crippen molar-refractivity contribution in [1.29, 1.82) is 0 Å². The topological polar surface area (TPSA) is 47.6 Å². The van der Waals surface area contributed by atoms with Crippen molar-refractivity contribution < 1.29 is 14.3 Å². The number of amides is 1. The molecule has 100 valence electrons. The molecule has 4 heteroatoms. The van der Waals surface area contributed by atoms with Gasteiger partial charge in [-0.1, -0.05) is 18.1 Å². The highest BCUT2D eigenvalue weighted by atomic mass is 16.5. The van der Waals surface area contributed by atoms with Crippen LogP contribution in [0.4, 0.5) is 0 Å². The van der Waals surface area contributed by atoms with Gasteiger partial charge in [0.05, 0.1) is 20.8 Å². The second-order valence-corrected chi connectivity index (χ2v) is 3.69. The largest absolute Gasteiger partial charge is 0.493 e. The minimum atomic E-state index is -0.246. The number of rotatable bonds is 5. The predicted molar refractivity (Wildman–Crippen MR) is 75.4 cm³/mol. The molecule has 4 nitrogen and oxygen atoms in total. The summed E-state index contributed by atoms with van der Waals surface area (Å²) in [4.78, 5) is 11.9. The molecule has 0 bridgehead atoms. The molecule has 0 aromatic heterocycles. The van der Waals surface area contributed by atoms with E-state index in [-0.39, 0.29) is 12.5 Å². The van der Waals surface area contributed by atoms with Crippen LogP contribution >= 0.6 is 0 Å². The van der Waals surface area contributed by atoms with Gasteiger partial charge >= 0.3 is 0 Å². The van der Waals surface area contributed by atoms with Gasteiger partial charge in [-0.05, 0) is 19.1 Å². The van der Waals surface area contributed by atoms with E-state index < -0.39 is 0 Å². The Hall–Kier alpha value is -2.41. The van der Waals surface area contributed by atoms with Crippen LogP contribution in [0.5, 0.6) is 11.5 Å². The van der Waals surface area contributed by atoms with Crippen molar-refractivity contribution in [3.8, 4) is 23.8 Å². The van der Waals surface area contributed by atoms with Gasteiger partial charge in [0, 0.05) is 11.1 Å². The number of hydrogen-bond acceptors (Lipinski definition) is 3. The smallest absolute Gasteiger partial charge is 0.252 e. The number of carbonyl (C=O) groups is 1. The molecule has 0 heterocycles. The molecule has 0 radical (unpaired) electrons. The zero-order chi connectivity index (χ0) is 14.3. The van der Waals surface area contributed by atoms with Crippen LogP contribution in [0.25, 0.3) is 6.08 Å². The minimum Gasteiger partial charge on any atom is -0.493 e. The van der Waals surface area contributed by atoms with Crippen LogP contribution < -0.4 is 14.8 Å². The third kappa shape index (κ3) is 3.52. The number of terminal acetylenes is 1. The Morgan fingerprint density at radius 2 is 2.16 bits per heavy atom. The van der Waals surface area contributed by atoms with Gasteiger partial charge in [0.25, 0.3) is 5.91 Å². The lowest BCUT2D eigenvalue weighted by molar-refractivity contribution is 0.0958. The Bertz CT molecular complexity index is 527. The van der Waals surface area contributed by atoms with Crippen LogP contribution in [-0.4, -0.2) is 26.7 Å². The summed E-state index contributed by atoms with van der Waals surface area (Å²) in [5, 5.41) is 2.61. The van der Waals surface area contributed by atoms with Crippen LogP contribution in [0, 0.1) is 12.3 Å². The maximum absolute atomic E-state index is 11.9. The summed E-state index contributed by atoms with van der Waals surface area (Å²) in [7, 11) is 3.09. The fraction of sp³-hybridized carbons (Fsp3) is 0.267. The quantitative estimate of drug-likeness (QED) is 0.824. The number of methoxy groups -OCH3 is 2. The molecule has 1 amide bonds. The zero-order valence-corrected chi connectivity index (χ0v) is 11.3. The molecule has 0 aliphatic carbocycles. The van der Waals surface area contributed by atoms with Gasteiger partial charge in [0.15, 0.2) is 11.5 Å². The highest BCUT2D eigenvalue weighted by Gasteiger charge is 2.14. The maximum atomic E-state index is 11.9. The number of allylic oxidation sites excluding steroid dienone is 1. The summed E-state index contributed by atoms with van der Waals surface area (Å²) >= 11 is 0. The van der Waals surface area contributed by atoms with Crippen molar-refractivity contribution in [2.75, 3.05) is 20.8 Å². The van der Waals surface area contributed by atoms with Gasteiger partial charge in [-0.15, -0.1) is 6.42 Å². The first-order valence-electron chi connectivity index (χ1n) is 5.78. The van der Waals surface area contributed by atoms with Gasteiger partial charge in [-0.3, -0.25) is 4.79 Å². The van der Waals surface area contributed by atoms with E-state index >= 15 is 0 Å². The normalized spacial score (nSPS) is 10.0. The zero-order valence-electron chi connectivity index (χ0n) is 11.3. The van der Waals surface area contributed by atoms with E-state index in [4.69, 9.17) is 15.9 Å². The van der Waals surface area contributed by atoms with Gasteiger partial charge in [-0.25, -0.2) is 0 Å². The fourth-order valence-corrected chi connectivity index (χ4v) is 1.66. The first-order valence-corrected chi connectivity index (χ1v) is 5.78. The van der Waals surface area contributed by atoms with E-state index in [1.165, 1.54) is 7.11 Å². The van der Waals surface area contributed by atoms with Gasteiger partial charge in [0.2, 0.25) is 0 Å². The summed E-state index contributed by atoms with van der Waals surface area (Å²) in [5.41, 5.74) is 1.25. The second-order valence-electron chi connectivity index (χ2n) is 3.69. The maximum Gasteiger partial charge on any atom is 0.252 e. The summed E-state index contributed by atoms with van der Waals surface area (Å²) < 4.78 is 10.5. The third-order valence-corrected chi connectivity index (χ3v) is 2.47. The van der Waals surface area contributed by atoms with Crippen molar-refractivity contribution in [2.24, 2.45) is 0 Å². The van der Waals surface area contributed by atoms with E-state index in [0.717, 1.165) is 5.56 Å². The Kier molecular flexibility index (Phi) is 5.49. The lowest BCUT2D eigenvalue weighted by Crippen LogP contribution is -2.23. The molecule has 0 unspecified atom stereocenters. The molecule has 1 aromatic rings. The minimum absolute atomic E-state index is 0.187. The van der Waals surface area contributed by atoms with Crippen LogP contribution in [0.1, 0.15) is 22.8 Å². The second kappa shape index (κ2) is 7.12. The number of hydrogen-bond donors (Lipinski definition) is 1. The molecule has 0 spiro atoms. The summed E-state index contributed by atoms with van der Waals surface area (Å²) in [6.45, 7) is 2.07. The van der Waals surface area contributed by atoms with Crippen molar-refractivity contribution in [3.63, 3.8) is 0 Å². The molecule has 19 heavy (non-hydrogen) atoms. The monoisotopic (exact) mass is 259 g/mol.